The van der Waals surface area contributed by atoms with Crippen molar-refractivity contribution in [3.05, 3.63) is 130 Å². The van der Waals surface area contributed by atoms with E-state index in [9.17, 15) is 9.59 Å². The zero-order valence-corrected chi connectivity index (χ0v) is 21.8. The van der Waals surface area contributed by atoms with E-state index >= 15 is 0 Å². The number of rotatable bonds is 6. The van der Waals surface area contributed by atoms with E-state index in [0.29, 0.717) is 15.7 Å². The maximum Gasteiger partial charge on any atom is 0.293 e. The Hall–Kier alpha value is -4.06. The van der Waals surface area contributed by atoms with Gasteiger partial charge in [0, 0.05) is 16.1 Å². The van der Waals surface area contributed by atoms with Crippen LogP contribution in [0.15, 0.2) is 108 Å². The molecule has 2 amide bonds. The van der Waals surface area contributed by atoms with Crippen molar-refractivity contribution in [3.63, 3.8) is 0 Å². The Labute approximate surface area is 229 Å². The van der Waals surface area contributed by atoms with Crippen LogP contribution < -0.4 is 4.74 Å². The maximum atomic E-state index is 13.5. The molecule has 1 fully saturated rings. The SMILES string of the molecule is O=C1S/C(=C/c2c(OCc3ccccc3Cl)ccc3ccccc23)C(=O)N1Cc1cccc2ccccc12. The van der Waals surface area contributed by atoms with Gasteiger partial charge < -0.3 is 4.74 Å². The van der Waals surface area contributed by atoms with Crippen LogP contribution in [0.4, 0.5) is 4.79 Å². The molecular weight excluding hydrogens is 514 g/mol. The topological polar surface area (TPSA) is 46.6 Å². The lowest BCUT2D eigenvalue weighted by Gasteiger charge is -2.15. The van der Waals surface area contributed by atoms with E-state index in [2.05, 4.69) is 0 Å². The third kappa shape index (κ3) is 4.67. The van der Waals surface area contributed by atoms with Gasteiger partial charge in [-0.15, -0.1) is 0 Å². The Kier molecular flexibility index (Phi) is 6.62. The molecule has 5 aromatic carbocycles. The van der Waals surface area contributed by atoms with E-state index in [4.69, 9.17) is 16.3 Å². The summed E-state index contributed by atoms with van der Waals surface area (Å²) in [6.45, 7) is 0.496. The maximum absolute atomic E-state index is 13.5. The van der Waals surface area contributed by atoms with Gasteiger partial charge in [0.15, 0.2) is 0 Å². The van der Waals surface area contributed by atoms with Crippen molar-refractivity contribution in [2.45, 2.75) is 13.2 Å². The Bertz CT molecular complexity index is 1740. The van der Waals surface area contributed by atoms with E-state index in [1.54, 1.807) is 6.08 Å². The monoisotopic (exact) mass is 535 g/mol. The van der Waals surface area contributed by atoms with Crippen LogP contribution in [0.25, 0.3) is 27.6 Å². The largest absolute Gasteiger partial charge is 0.488 e. The van der Waals surface area contributed by atoms with E-state index in [0.717, 1.165) is 50.0 Å². The Morgan fingerprint density at radius 1 is 0.737 bits per heavy atom. The number of thioether (sulfide) groups is 1. The lowest BCUT2D eigenvalue weighted by molar-refractivity contribution is -0.123. The zero-order chi connectivity index (χ0) is 26.1. The molecule has 4 nitrogen and oxygen atoms in total. The van der Waals surface area contributed by atoms with Crippen LogP contribution in [0.1, 0.15) is 16.7 Å². The molecule has 1 aliphatic rings. The van der Waals surface area contributed by atoms with E-state index in [-0.39, 0.29) is 24.3 Å². The van der Waals surface area contributed by atoms with Crippen LogP contribution in [0.2, 0.25) is 5.02 Å². The average Bonchev–Trinajstić information content (AvgIpc) is 3.21. The molecule has 1 heterocycles. The first kappa shape index (κ1) is 24.3. The van der Waals surface area contributed by atoms with Gasteiger partial charge in [-0.1, -0.05) is 103 Å². The third-order valence-corrected chi connectivity index (χ3v) is 7.91. The minimum atomic E-state index is -0.307. The molecule has 0 saturated carbocycles. The van der Waals surface area contributed by atoms with Gasteiger partial charge in [0.2, 0.25) is 0 Å². The molecule has 1 saturated heterocycles. The molecule has 186 valence electrons. The molecule has 6 rings (SSSR count). The highest BCUT2D eigenvalue weighted by Crippen LogP contribution is 2.38. The molecule has 0 spiro atoms. The molecule has 38 heavy (non-hydrogen) atoms. The summed E-state index contributed by atoms with van der Waals surface area (Å²) in [7, 11) is 0. The molecule has 0 aliphatic carbocycles. The fourth-order valence-electron chi connectivity index (χ4n) is 4.69. The van der Waals surface area contributed by atoms with Gasteiger partial charge in [0.25, 0.3) is 11.1 Å². The molecule has 5 aromatic rings. The predicted octanol–water partition coefficient (Wildman–Crippen LogP) is 8.46. The summed E-state index contributed by atoms with van der Waals surface area (Å²) in [4.78, 5) is 28.2. The number of carbonyl (C=O) groups is 2. The summed E-state index contributed by atoms with van der Waals surface area (Å²) in [5.74, 6) is 0.308. The van der Waals surface area contributed by atoms with Crippen LogP contribution in [0.3, 0.4) is 0 Å². The fraction of sp³-hybridized carbons (Fsp3) is 0.0625. The number of ether oxygens (including phenoxy) is 1. The molecule has 0 aromatic heterocycles. The highest BCUT2D eigenvalue weighted by atomic mass is 35.5. The van der Waals surface area contributed by atoms with Crippen LogP contribution in [-0.4, -0.2) is 16.0 Å². The second-order valence-corrected chi connectivity index (χ2v) is 10.4. The van der Waals surface area contributed by atoms with Crippen molar-refractivity contribution in [2.24, 2.45) is 0 Å². The van der Waals surface area contributed by atoms with Crippen molar-refractivity contribution in [1.29, 1.82) is 0 Å². The minimum Gasteiger partial charge on any atom is -0.488 e. The van der Waals surface area contributed by atoms with Crippen LogP contribution >= 0.6 is 23.4 Å². The molecule has 0 unspecified atom stereocenters. The van der Waals surface area contributed by atoms with E-state index in [1.807, 2.05) is 103 Å². The predicted molar refractivity (Wildman–Crippen MR) is 155 cm³/mol. The molecular formula is C32H22ClNO3S. The summed E-state index contributed by atoms with van der Waals surface area (Å²) in [6.07, 6.45) is 1.78. The second kappa shape index (κ2) is 10.4. The number of benzene rings is 5. The summed E-state index contributed by atoms with van der Waals surface area (Å²) in [5, 5.41) is 4.40. The lowest BCUT2D eigenvalue weighted by atomic mass is 10.0. The molecule has 1 aliphatic heterocycles. The number of amides is 2. The summed E-state index contributed by atoms with van der Waals surface area (Å²) < 4.78 is 6.21. The first-order valence-electron chi connectivity index (χ1n) is 12.2. The van der Waals surface area contributed by atoms with Crippen molar-refractivity contribution >= 4 is 62.1 Å². The van der Waals surface area contributed by atoms with Gasteiger partial charge in [0.1, 0.15) is 12.4 Å². The quantitative estimate of drug-likeness (QED) is 0.205. The summed E-state index contributed by atoms with van der Waals surface area (Å²) in [6, 6.07) is 33.2. The normalized spacial score (nSPS) is 14.7. The number of fused-ring (bicyclic) bond motifs is 2. The van der Waals surface area contributed by atoms with E-state index < -0.39 is 0 Å². The van der Waals surface area contributed by atoms with Crippen LogP contribution in [0.5, 0.6) is 5.75 Å². The average molecular weight is 536 g/mol. The number of hydrogen-bond donors (Lipinski definition) is 0. The number of nitrogens with zero attached hydrogens (tertiary/aromatic N) is 1. The van der Waals surface area contributed by atoms with Gasteiger partial charge in [0.05, 0.1) is 11.4 Å². The van der Waals surface area contributed by atoms with Crippen molar-refractivity contribution in [3.8, 4) is 5.75 Å². The minimum absolute atomic E-state index is 0.217. The number of halogens is 1. The zero-order valence-electron chi connectivity index (χ0n) is 20.3. The first-order chi connectivity index (χ1) is 18.6. The highest BCUT2D eigenvalue weighted by Gasteiger charge is 2.35. The van der Waals surface area contributed by atoms with Gasteiger partial charge in [-0.2, -0.15) is 0 Å². The van der Waals surface area contributed by atoms with Crippen molar-refractivity contribution in [1.82, 2.24) is 4.90 Å². The molecule has 6 heteroatoms. The van der Waals surface area contributed by atoms with Gasteiger partial charge in [-0.3, -0.25) is 14.5 Å². The van der Waals surface area contributed by atoms with Crippen molar-refractivity contribution in [2.75, 3.05) is 0 Å². The first-order valence-corrected chi connectivity index (χ1v) is 13.4. The molecule has 0 bridgehead atoms. The van der Waals surface area contributed by atoms with Gasteiger partial charge in [-0.05, 0) is 57.1 Å². The van der Waals surface area contributed by atoms with Gasteiger partial charge >= 0.3 is 0 Å². The standard InChI is InChI=1S/C32H22ClNO3S/c33-28-15-6-3-10-24(28)20-37-29-17-16-22-9-2-5-14-26(22)27(29)18-30-31(35)34(32(36)38-30)19-23-12-7-11-21-8-1-4-13-25(21)23/h1-18H,19-20H2/b30-18+. The van der Waals surface area contributed by atoms with Crippen molar-refractivity contribution < 1.29 is 14.3 Å². The second-order valence-electron chi connectivity index (χ2n) is 8.98. The van der Waals surface area contributed by atoms with Crippen LogP contribution in [0, 0.1) is 0 Å². The van der Waals surface area contributed by atoms with E-state index in [1.165, 1.54) is 4.90 Å². The smallest absolute Gasteiger partial charge is 0.293 e. The van der Waals surface area contributed by atoms with Gasteiger partial charge in [-0.25, -0.2) is 0 Å². The number of carbonyl (C=O) groups excluding carboxylic acids is 2. The number of hydrogen-bond acceptors (Lipinski definition) is 4. The molecule has 0 radical (unpaired) electrons. The Balaban J connectivity index is 1.35. The summed E-state index contributed by atoms with van der Waals surface area (Å²) in [5.41, 5.74) is 2.55. The third-order valence-electron chi connectivity index (χ3n) is 6.63. The van der Waals surface area contributed by atoms with Crippen LogP contribution in [-0.2, 0) is 17.9 Å². The lowest BCUT2D eigenvalue weighted by Crippen LogP contribution is -2.27. The number of imide groups is 1. The Morgan fingerprint density at radius 3 is 2.21 bits per heavy atom. The fourth-order valence-corrected chi connectivity index (χ4v) is 5.70. The highest BCUT2D eigenvalue weighted by molar-refractivity contribution is 8.18. The summed E-state index contributed by atoms with van der Waals surface area (Å²) >= 11 is 7.29. The molecule has 0 atom stereocenters. The molecule has 0 N–H and O–H groups in total. The Morgan fingerprint density at radius 2 is 1.39 bits per heavy atom.